The predicted octanol–water partition coefficient (Wildman–Crippen LogP) is 3.03. The summed E-state index contributed by atoms with van der Waals surface area (Å²) >= 11 is 0. The van der Waals surface area contributed by atoms with Crippen LogP contribution in [0.25, 0.3) is 6.08 Å². The lowest BCUT2D eigenvalue weighted by Gasteiger charge is -2.10. The van der Waals surface area contributed by atoms with Crippen molar-refractivity contribution in [2.24, 2.45) is 0 Å². The number of hydrogen-bond acceptors (Lipinski definition) is 4. The van der Waals surface area contributed by atoms with Gasteiger partial charge in [-0.3, -0.25) is 9.52 Å². The summed E-state index contributed by atoms with van der Waals surface area (Å²) < 4.78 is 30.4. The van der Waals surface area contributed by atoms with Crippen LogP contribution in [0.4, 0.5) is 11.4 Å². The monoisotopic (exact) mass is 360 g/mol. The van der Waals surface area contributed by atoms with E-state index in [1.54, 1.807) is 37.5 Å². The van der Waals surface area contributed by atoms with Gasteiger partial charge in [0.15, 0.2) is 0 Å². The highest BCUT2D eigenvalue weighted by atomic mass is 32.2. The van der Waals surface area contributed by atoms with Crippen molar-refractivity contribution in [2.45, 2.75) is 6.92 Å². The normalized spacial score (nSPS) is 11.3. The van der Waals surface area contributed by atoms with Gasteiger partial charge in [-0.1, -0.05) is 23.8 Å². The first-order chi connectivity index (χ1) is 11.8. The van der Waals surface area contributed by atoms with Crippen molar-refractivity contribution in [2.75, 3.05) is 23.4 Å². The van der Waals surface area contributed by atoms with E-state index in [1.165, 1.54) is 6.08 Å². The van der Waals surface area contributed by atoms with Crippen molar-refractivity contribution < 1.29 is 17.9 Å². The largest absolute Gasteiger partial charge is 0.496 e. The Morgan fingerprint density at radius 2 is 1.80 bits per heavy atom. The Balaban J connectivity index is 2.17. The molecule has 0 aliphatic carbocycles. The molecule has 132 valence electrons. The van der Waals surface area contributed by atoms with E-state index in [9.17, 15) is 13.2 Å². The average Bonchev–Trinajstić information content (AvgIpc) is 2.53. The van der Waals surface area contributed by atoms with Gasteiger partial charge in [0.2, 0.25) is 15.9 Å². The van der Waals surface area contributed by atoms with Crippen molar-refractivity contribution in [3.8, 4) is 5.75 Å². The van der Waals surface area contributed by atoms with Crippen LogP contribution in [-0.4, -0.2) is 27.7 Å². The van der Waals surface area contributed by atoms with Crippen molar-refractivity contribution in [3.05, 3.63) is 59.7 Å². The van der Waals surface area contributed by atoms with Crippen LogP contribution in [0.3, 0.4) is 0 Å². The van der Waals surface area contributed by atoms with E-state index in [0.717, 1.165) is 17.4 Å². The molecule has 0 aliphatic rings. The molecule has 2 N–H and O–H groups in total. The Hall–Kier alpha value is -2.80. The molecule has 25 heavy (non-hydrogen) atoms. The number of para-hydroxylation sites is 2. The molecule has 0 saturated heterocycles. The fourth-order valence-electron chi connectivity index (χ4n) is 2.20. The highest BCUT2D eigenvalue weighted by molar-refractivity contribution is 7.92. The van der Waals surface area contributed by atoms with Crippen LogP contribution >= 0.6 is 0 Å². The average molecular weight is 360 g/mol. The minimum absolute atomic E-state index is 0.305. The van der Waals surface area contributed by atoms with Gasteiger partial charge in [-0.25, -0.2) is 8.42 Å². The summed E-state index contributed by atoms with van der Waals surface area (Å²) in [6.45, 7) is 1.95. The highest BCUT2D eigenvalue weighted by Crippen LogP contribution is 2.23. The van der Waals surface area contributed by atoms with E-state index in [2.05, 4.69) is 10.0 Å². The molecule has 2 aromatic rings. The number of benzene rings is 2. The van der Waals surface area contributed by atoms with Crippen molar-refractivity contribution in [1.82, 2.24) is 0 Å². The fourth-order valence-corrected chi connectivity index (χ4v) is 2.78. The summed E-state index contributed by atoms with van der Waals surface area (Å²) in [4.78, 5) is 12.2. The Labute approximate surface area is 147 Å². The molecular weight excluding hydrogens is 340 g/mol. The third kappa shape index (κ3) is 5.65. The minimum atomic E-state index is -3.44. The van der Waals surface area contributed by atoms with Crippen LogP contribution in [0.2, 0.25) is 0 Å². The number of anilines is 2. The summed E-state index contributed by atoms with van der Waals surface area (Å²) in [7, 11) is -1.88. The molecule has 0 atom stereocenters. The molecule has 0 aliphatic heterocycles. The molecule has 1 amide bonds. The van der Waals surface area contributed by atoms with Crippen LogP contribution < -0.4 is 14.8 Å². The van der Waals surface area contributed by atoms with Gasteiger partial charge >= 0.3 is 0 Å². The number of aryl methyl sites for hydroxylation is 1. The van der Waals surface area contributed by atoms with E-state index in [4.69, 9.17) is 4.74 Å². The molecule has 0 unspecified atom stereocenters. The molecular formula is C18H20N2O4S. The SMILES string of the molecule is COc1ccc(C)cc1/C=C/C(=O)Nc1ccccc1NS(C)(=O)=O. The molecule has 6 nitrogen and oxygen atoms in total. The van der Waals surface area contributed by atoms with Gasteiger partial charge in [0, 0.05) is 11.6 Å². The number of ether oxygens (including phenoxy) is 1. The van der Waals surface area contributed by atoms with E-state index < -0.39 is 10.0 Å². The maximum atomic E-state index is 12.2. The van der Waals surface area contributed by atoms with E-state index in [-0.39, 0.29) is 5.91 Å². The van der Waals surface area contributed by atoms with Crippen LogP contribution in [-0.2, 0) is 14.8 Å². The first kappa shape index (κ1) is 18.5. The van der Waals surface area contributed by atoms with Crippen molar-refractivity contribution in [3.63, 3.8) is 0 Å². The van der Waals surface area contributed by atoms with Crippen LogP contribution in [0.15, 0.2) is 48.5 Å². The first-order valence-corrected chi connectivity index (χ1v) is 9.38. The number of hydrogen-bond donors (Lipinski definition) is 2. The van der Waals surface area contributed by atoms with E-state index in [1.807, 2.05) is 25.1 Å². The van der Waals surface area contributed by atoms with Gasteiger partial charge in [0.05, 0.1) is 24.7 Å². The van der Waals surface area contributed by atoms with Gasteiger partial charge in [-0.15, -0.1) is 0 Å². The summed E-state index contributed by atoms with van der Waals surface area (Å²) in [5.74, 6) is 0.278. The van der Waals surface area contributed by atoms with Gasteiger partial charge < -0.3 is 10.1 Å². The number of rotatable bonds is 6. The second-order valence-corrected chi connectivity index (χ2v) is 7.24. The molecule has 0 fully saturated rings. The van der Waals surface area contributed by atoms with E-state index in [0.29, 0.717) is 17.1 Å². The number of carbonyl (C=O) groups excluding carboxylic acids is 1. The topological polar surface area (TPSA) is 84.5 Å². The maximum Gasteiger partial charge on any atom is 0.248 e. The van der Waals surface area contributed by atoms with Crippen molar-refractivity contribution >= 4 is 33.4 Å². The second-order valence-electron chi connectivity index (χ2n) is 5.49. The number of methoxy groups -OCH3 is 1. The second kappa shape index (κ2) is 7.85. The highest BCUT2D eigenvalue weighted by Gasteiger charge is 2.08. The summed E-state index contributed by atoms with van der Waals surface area (Å²) in [5, 5.41) is 2.66. The number of carbonyl (C=O) groups is 1. The van der Waals surface area contributed by atoms with Crippen LogP contribution in [0, 0.1) is 6.92 Å². The smallest absolute Gasteiger partial charge is 0.248 e. The minimum Gasteiger partial charge on any atom is -0.496 e. The molecule has 2 aromatic carbocycles. The first-order valence-electron chi connectivity index (χ1n) is 7.49. The lowest BCUT2D eigenvalue weighted by molar-refractivity contribution is -0.111. The zero-order chi connectivity index (χ0) is 18.4. The zero-order valence-electron chi connectivity index (χ0n) is 14.2. The summed E-state index contributed by atoms with van der Waals surface area (Å²) in [6, 6.07) is 12.2. The molecule has 0 saturated carbocycles. The number of amides is 1. The van der Waals surface area contributed by atoms with Gasteiger partial charge in [0.25, 0.3) is 0 Å². The maximum absolute atomic E-state index is 12.2. The lowest BCUT2D eigenvalue weighted by Crippen LogP contribution is -2.14. The summed E-state index contributed by atoms with van der Waals surface area (Å²) in [6.07, 6.45) is 4.07. The zero-order valence-corrected chi connectivity index (χ0v) is 15.1. The Kier molecular flexibility index (Phi) is 5.82. The Morgan fingerprint density at radius 1 is 1.12 bits per heavy atom. The number of sulfonamides is 1. The van der Waals surface area contributed by atoms with Crippen LogP contribution in [0.1, 0.15) is 11.1 Å². The third-order valence-corrected chi connectivity index (χ3v) is 3.87. The molecule has 2 rings (SSSR count). The van der Waals surface area contributed by atoms with E-state index >= 15 is 0 Å². The molecule has 0 bridgehead atoms. The molecule has 0 aromatic heterocycles. The standard InChI is InChI=1S/C18H20N2O4S/c1-13-8-10-17(24-2)14(12-13)9-11-18(21)19-15-6-4-5-7-16(15)20-25(3,22)23/h4-12,20H,1-3H3,(H,19,21)/b11-9+. The molecule has 0 spiro atoms. The quantitative estimate of drug-likeness (QED) is 0.776. The summed E-state index contributed by atoms with van der Waals surface area (Å²) in [5.41, 5.74) is 2.50. The van der Waals surface area contributed by atoms with Crippen molar-refractivity contribution in [1.29, 1.82) is 0 Å². The van der Waals surface area contributed by atoms with Gasteiger partial charge in [-0.05, 0) is 37.3 Å². The third-order valence-electron chi connectivity index (χ3n) is 3.28. The van der Waals surface area contributed by atoms with Gasteiger partial charge in [0.1, 0.15) is 5.75 Å². The predicted molar refractivity (Wildman–Crippen MR) is 100 cm³/mol. The van der Waals surface area contributed by atoms with Gasteiger partial charge in [-0.2, -0.15) is 0 Å². The molecule has 0 heterocycles. The molecule has 0 radical (unpaired) electrons. The lowest BCUT2D eigenvalue weighted by atomic mass is 10.1. The van der Waals surface area contributed by atoms with Crippen LogP contribution in [0.5, 0.6) is 5.75 Å². The molecule has 7 heteroatoms. The number of nitrogens with one attached hydrogen (secondary N) is 2. The Morgan fingerprint density at radius 3 is 2.44 bits per heavy atom. The Bertz CT molecular complexity index is 905. The fraction of sp³-hybridized carbons (Fsp3) is 0.167.